The number of aryl methyl sites for hydroxylation is 1. The first-order valence-corrected chi connectivity index (χ1v) is 10.9. The van der Waals surface area contributed by atoms with Crippen LogP contribution in [-0.2, 0) is 17.9 Å². The number of fused-ring (bicyclic) bond motifs is 1. The van der Waals surface area contributed by atoms with Gasteiger partial charge in [0.25, 0.3) is 12.9 Å². The summed E-state index contributed by atoms with van der Waals surface area (Å²) in [4.78, 5) is 20.2. The highest BCUT2D eigenvalue weighted by molar-refractivity contribution is 6.31. The third-order valence-corrected chi connectivity index (χ3v) is 6.19. The molecule has 0 aliphatic carbocycles. The van der Waals surface area contributed by atoms with Gasteiger partial charge in [-0.3, -0.25) is 9.69 Å². The standard InChI is InChI=1S/C22H21ClF5N5O/c1-12-19-13(20(25)26)9-17(21(27)28)29-22(19)33(30-12)11-18(34)32-7-5-31(6-8-32)10-14-15(23)3-2-4-16(14)24/h2-4,9,20-21H,5-8,10-11H2,1H3. The molecule has 1 amide bonds. The van der Waals surface area contributed by atoms with Crippen LogP contribution in [-0.4, -0.2) is 56.7 Å². The van der Waals surface area contributed by atoms with Gasteiger partial charge in [-0.1, -0.05) is 17.7 Å². The Morgan fingerprint density at radius 1 is 1.12 bits per heavy atom. The highest BCUT2D eigenvalue weighted by atomic mass is 35.5. The van der Waals surface area contributed by atoms with Gasteiger partial charge in [-0.15, -0.1) is 0 Å². The van der Waals surface area contributed by atoms with Crippen LogP contribution in [0.2, 0.25) is 5.02 Å². The average molecular weight is 502 g/mol. The molecule has 0 N–H and O–H groups in total. The summed E-state index contributed by atoms with van der Waals surface area (Å²) < 4.78 is 68.6. The van der Waals surface area contributed by atoms with Crippen molar-refractivity contribution in [2.24, 2.45) is 0 Å². The molecule has 0 bridgehead atoms. The molecule has 0 unspecified atom stereocenters. The minimum atomic E-state index is -3.04. The lowest BCUT2D eigenvalue weighted by Crippen LogP contribution is -2.49. The van der Waals surface area contributed by atoms with E-state index in [1.807, 2.05) is 4.90 Å². The number of benzene rings is 1. The topological polar surface area (TPSA) is 54.3 Å². The number of alkyl halides is 4. The summed E-state index contributed by atoms with van der Waals surface area (Å²) in [6.07, 6.45) is -6.04. The van der Waals surface area contributed by atoms with Gasteiger partial charge in [0.2, 0.25) is 5.91 Å². The zero-order chi connectivity index (χ0) is 24.6. The van der Waals surface area contributed by atoms with Crippen LogP contribution >= 0.6 is 11.6 Å². The summed E-state index contributed by atoms with van der Waals surface area (Å²) >= 11 is 6.09. The Balaban J connectivity index is 1.48. The highest BCUT2D eigenvalue weighted by Crippen LogP contribution is 2.32. The Hall–Kier alpha value is -2.79. The molecule has 0 atom stereocenters. The van der Waals surface area contributed by atoms with Crippen LogP contribution in [0.25, 0.3) is 11.0 Å². The molecular weight excluding hydrogens is 481 g/mol. The van der Waals surface area contributed by atoms with E-state index in [1.165, 1.54) is 19.1 Å². The number of piperazine rings is 1. The van der Waals surface area contributed by atoms with E-state index in [-0.39, 0.29) is 29.2 Å². The summed E-state index contributed by atoms with van der Waals surface area (Å²) in [5, 5.41) is 4.42. The van der Waals surface area contributed by atoms with E-state index in [9.17, 15) is 26.7 Å². The molecule has 34 heavy (non-hydrogen) atoms. The summed E-state index contributed by atoms with van der Waals surface area (Å²) in [6, 6.07) is 5.16. The van der Waals surface area contributed by atoms with Crippen molar-refractivity contribution < 1.29 is 26.7 Å². The van der Waals surface area contributed by atoms with Crippen molar-refractivity contribution in [2.45, 2.75) is 32.9 Å². The number of aromatic nitrogens is 3. The van der Waals surface area contributed by atoms with Gasteiger partial charge in [-0.05, 0) is 25.1 Å². The fraction of sp³-hybridized carbons (Fsp3) is 0.409. The monoisotopic (exact) mass is 501 g/mol. The van der Waals surface area contributed by atoms with Crippen molar-refractivity contribution in [1.29, 1.82) is 0 Å². The van der Waals surface area contributed by atoms with E-state index >= 15 is 0 Å². The largest absolute Gasteiger partial charge is 0.339 e. The highest BCUT2D eigenvalue weighted by Gasteiger charge is 2.26. The van der Waals surface area contributed by atoms with E-state index < -0.39 is 29.9 Å². The third-order valence-electron chi connectivity index (χ3n) is 5.84. The number of hydrogen-bond acceptors (Lipinski definition) is 4. The molecule has 12 heteroatoms. The molecule has 6 nitrogen and oxygen atoms in total. The molecule has 3 heterocycles. The molecule has 1 aliphatic rings. The minimum absolute atomic E-state index is 0.0289. The number of carbonyl (C=O) groups excluding carboxylic acids is 1. The third kappa shape index (κ3) is 4.85. The molecule has 3 aromatic rings. The molecule has 2 aromatic heterocycles. The van der Waals surface area contributed by atoms with Gasteiger partial charge < -0.3 is 4.90 Å². The normalized spacial score (nSPS) is 15.1. The molecule has 0 spiro atoms. The molecule has 4 rings (SSSR count). The summed E-state index contributed by atoms with van der Waals surface area (Å²) in [6.45, 7) is 3.07. The molecule has 1 aromatic carbocycles. The summed E-state index contributed by atoms with van der Waals surface area (Å²) in [5.41, 5.74) is -0.989. The van der Waals surface area contributed by atoms with Gasteiger partial charge in [0.1, 0.15) is 18.1 Å². The molecule has 1 fully saturated rings. The Morgan fingerprint density at radius 2 is 1.82 bits per heavy atom. The van der Waals surface area contributed by atoms with Crippen molar-refractivity contribution in [1.82, 2.24) is 24.6 Å². The predicted molar refractivity (Wildman–Crippen MR) is 115 cm³/mol. The smallest absolute Gasteiger partial charge is 0.280 e. The molecular formula is C22H21ClF5N5O. The number of hydrogen-bond donors (Lipinski definition) is 0. The predicted octanol–water partition coefficient (Wildman–Crippen LogP) is 4.75. The average Bonchev–Trinajstić information content (AvgIpc) is 3.11. The van der Waals surface area contributed by atoms with Crippen LogP contribution in [0.3, 0.4) is 0 Å². The summed E-state index contributed by atoms with van der Waals surface area (Å²) in [7, 11) is 0. The van der Waals surface area contributed by atoms with Crippen molar-refractivity contribution in [3.63, 3.8) is 0 Å². The molecule has 1 aliphatic heterocycles. The number of pyridine rings is 1. The summed E-state index contributed by atoms with van der Waals surface area (Å²) in [5.74, 6) is -0.749. The maximum absolute atomic E-state index is 14.1. The van der Waals surface area contributed by atoms with Gasteiger partial charge in [0.15, 0.2) is 5.65 Å². The lowest BCUT2D eigenvalue weighted by Gasteiger charge is -2.35. The Morgan fingerprint density at radius 3 is 2.44 bits per heavy atom. The van der Waals surface area contributed by atoms with Gasteiger partial charge in [0.05, 0.1) is 11.1 Å². The van der Waals surface area contributed by atoms with Crippen molar-refractivity contribution >= 4 is 28.5 Å². The lowest BCUT2D eigenvalue weighted by atomic mass is 10.1. The van der Waals surface area contributed by atoms with E-state index in [4.69, 9.17) is 11.6 Å². The van der Waals surface area contributed by atoms with E-state index in [0.717, 1.165) is 4.68 Å². The Labute approximate surface area is 196 Å². The van der Waals surface area contributed by atoms with Crippen LogP contribution < -0.4 is 0 Å². The first kappa shape index (κ1) is 24.3. The lowest BCUT2D eigenvalue weighted by molar-refractivity contribution is -0.133. The quantitative estimate of drug-likeness (QED) is 0.457. The van der Waals surface area contributed by atoms with Gasteiger partial charge >= 0.3 is 0 Å². The van der Waals surface area contributed by atoms with Gasteiger partial charge in [-0.25, -0.2) is 31.6 Å². The zero-order valence-electron chi connectivity index (χ0n) is 18.1. The van der Waals surface area contributed by atoms with E-state index in [2.05, 4.69) is 10.1 Å². The fourth-order valence-electron chi connectivity index (χ4n) is 4.09. The fourth-order valence-corrected chi connectivity index (χ4v) is 4.31. The van der Waals surface area contributed by atoms with Crippen LogP contribution in [0.5, 0.6) is 0 Å². The second-order valence-corrected chi connectivity index (χ2v) is 8.44. The number of rotatable bonds is 6. The second-order valence-electron chi connectivity index (χ2n) is 8.04. The maximum atomic E-state index is 14.1. The Kier molecular flexibility index (Phi) is 7.04. The molecule has 1 saturated heterocycles. The van der Waals surface area contributed by atoms with E-state index in [0.29, 0.717) is 49.4 Å². The van der Waals surface area contributed by atoms with Crippen LogP contribution in [0.4, 0.5) is 22.0 Å². The van der Waals surface area contributed by atoms with Crippen molar-refractivity contribution in [2.75, 3.05) is 26.2 Å². The number of amides is 1. The molecule has 0 saturated carbocycles. The van der Waals surface area contributed by atoms with Crippen LogP contribution in [0.1, 0.15) is 35.4 Å². The van der Waals surface area contributed by atoms with E-state index in [1.54, 1.807) is 11.0 Å². The second kappa shape index (κ2) is 9.83. The zero-order valence-corrected chi connectivity index (χ0v) is 18.9. The minimum Gasteiger partial charge on any atom is -0.339 e. The first-order chi connectivity index (χ1) is 16.2. The number of carbonyl (C=O) groups is 1. The van der Waals surface area contributed by atoms with Crippen molar-refractivity contribution in [3.05, 3.63) is 57.6 Å². The van der Waals surface area contributed by atoms with Crippen LogP contribution in [0.15, 0.2) is 24.3 Å². The first-order valence-electron chi connectivity index (χ1n) is 10.5. The number of halogens is 6. The molecule has 182 valence electrons. The van der Waals surface area contributed by atoms with Gasteiger partial charge in [0, 0.05) is 48.9 Å². The Bertz CT molecular complexity index is 1190. The SMILES string of the molecule is Cc1nn(CC(=O)N2CCN(Cc3c(F)cccc3Cl)CC2)c2nc(C(F)F)cc(C(F)F)c12. The van der Waals surface area contributed by atoms with Crippen molar-refractivity contribution in [3.8, 4) is 0 Å². The maximum Gasteiger partial charge on any atom is 0.280 e. The van der Waals surface area contributed by atoms with Gasteiger partial charge in [-0.2, -0.15) is 5.10 Å². The van der Waals surface area contributed by atoms with Crippen LogP contribution in [0, 0.1) is 12.7 Å². The molecule has 0 radical (unpaired) electrons. The number of nitrogens with zero attached hydrogens (tertiary/aromatic N) is 5.